The SMILES string of the molecule is CC(c1ccc(S(C)(=O)=O)cc1)N1C[C@@H](CO)n2nc3c(c2C1=O)CN(C(=O)c1ccc(Cl)c(C(F)(F)F)c1)[C@H](C)C3. The van der Waals surface area contributed by atoms with Gasteiger partial charge in [0.15, 0.2) is 9.84 Å². The van der Waals surface area contributed by atoms with Gasteiger partial charge in [0.25, 0.3) is 11.8 Å². The van der Waals surface area contributed by atoms with E-state index in [9.17, 15) is 36.3 Å². The number of aliphatic hydroxyl groups is 1. The van der Waals surface area contributed by atoms with Gasteiger partial charge >= 0.3 is 6.18 Å². The van der Waals surface area contributed by atoms with Crippen molar-refractivity contribution in [3.05, 3.63) is 81.1 Å². The minimum absolute atomic E-state index is 0.0657. The fourth-order valence-corrected chi connectivity index (χ4v) is 6.39. The monoisotopic (exact) mass is 624 g/mol. The predicted molar refractivity (Wildman–Crippen MR) is 147 cm³/mol. The molecule has 0 fully saturated rings. The smallest absolute Gasteiger partial charge is 0.394 e. The number of alkyl halides is 3. The Morgan fingerprint density at radius 2 is 1.86 bits per heavy atom. The van der Waals surface area contributed by atoms with Gasteiger partial charge in [-0.15, -0.1) is 0 Å². The van der Waals surface area contributed by atoms with Gasteiger partial charge in [-0.1, -0.05) is 23.7 Å². The first-order valence-corrected chi connectivity index (χ1v) is 15.4. The average Bonchev–Trinajstić information content (AvgIpc) is 3.30. The van der Waals surface area contributed by atoms with Crippen molar-refractivity contribution in [3.63, 3.8) is 0 Å². The van der Waals surface area contributed by atoms with E-state index in [1.165, 1.54) is 27.8 Å². The Morgan fingerprint density at radius 1 is 1.19 bits per heavy atom. The minimum Gasteiger partial charge on any atom is -0.394 e. The van der Waals surface area contributed by atoms with E-state index in [4.69, 9.17) is 11.6 Å². The molecule has 0 saturated heterocycles. The van der Waals surface area contributed by atoms with E-state index in [1.807, 2.05) is 0 Å². The van der Waals surface area contributed by atoms with Crippen molar-refractivity contribution >= 4 is 33.3 Å². The molecule has 14 heteroatoms. The van der Waals surface area contributed by atoms with Crippen LogP contribution in [0.3, 0.4) is 0 Å². The number of halogens is 4. The van der Waals surface area contributed by atoms with E-state index in [0.717, 1.165) is 18.4 Å². The molecule has 224 valence electrons. The number of aliphatic hydroxyl groups excluding tert-OH is 1. The highest BCUT2D eigenvalue weighted by atomic mass is 35.5. The molecule has 1 N–H and O–H groups in total. The molecule has 1 aromatic heterocycles. The molecule has 3 atom stereocenters. The fraction of sp³-hybridized carbons (Fsp3) is 0.393. The number of nitrogens with zero attached hydrogens (tertiary/aromatic N) is 4. The van der Waals surface area contributed by atoms with E-state index in [0.29, 0.717) is 16.8 Å². The van der Waals surface area contributed by atoms with Gasteiger partial charge in [0.1, 0.15) is 5.69 Å². The molecule has 9 nitrogen and oxygen atoms in total. The lowest BCUT2D eigenvalue weighted by atomic mass is 9.96. The Kier molecular flexibility index (Phi) is 7.65. The first-order valence-electron chi connectivity index (χ1n) is 13.1. The van der Waals surface area contributed by atoms with Gasteiger partial charge in [0.05, 0.1) is 46.4 Å². The van der Waals surface area contributed by atoms with E-state index < -0.39 is 50.6 Å². The summed E-state index contributed by atoms with van der Waals surface area (Å²) in [5, 5.41) is 14.3. The van der Waals surface area contributed by atoms with Crippen molar-refractivity contribution in [2.75, 3.05) is 19.4 Å². The number of hydrogen-bond acceptors (Lipinski definition) is 6. The molecule has 1 unspecified atom stereocenters. The number of rotatable bonds is 5. The molecule has 2 aromatic carbocycles. The third-order valence-electron chi connectivity index (χ3n) is 7.91. The van der Waals surface area contributed by atoms with E-state index in [-0.39, 0.29) is 48.2 Å². The van der Waals surface area contributed by atoms with Crippen molar-refractivity contribution in [2.45, 2.75) is 56.0 Å². The topological polar surface area (TPSA) is 113 Å². The second kappa shape index (κ2) is 10.7. The number of benzene rings is 2. The van der Waals surface area contributed by atoms with Crippen molar-refractivity contribution in [3.8, 4) is 0 Å². The first kappa shape index (κ1) is 30.1. The van der Waals surface area contributed by atoms with Crippen LogP contribution in [0.5, 0.6) is 0 Å². The fourth-order valence-electron chi connectivity index (χ4n) is 5.53. The van der Waals surface area contributed by atoms with Crippen LogP contribution in [-0.4, -0.2) is 70.4 Å². The molecule has 2 aliphatic heterocycles. The summed E-state index contributed by atoms with van der Waals surface area (Å²) in [7, 11) is -3.40. The van der Waals surface area contributed by atoms with Crippen LogP contribution in [0.1, 0.15) is 69.2 Å². The van der Waals surface area contributed by atoms with Gasteiger partial charge in [-0.25, -0.2) is 8.42 Å². The zero-order valence-corrected chi connectivity index (χ0v) is 24.5. The van der Waals surface area contributed by atoms with Crippen LogP contribution < -0.4 is 0 Å². The van der Waals surface area contributed by atoms with Crippen LogP contribution in [0.15, 0.2) is 47.4 Å². The van der Waals surface area contributed by atoms with Gasteiger partial charge in [-0.2, -0.15) is 18.3 Å². The lowest BCUT2D eigenvalue weighted by Gasteiger charge is -2.38. The van der Waals surface area contributed by atoms with Crippen LogP contribution in [0.4, 0.5) is 13.2 Å². The standard InChI is InChI=1S/C28H28ClF3N4O5S/c1-15-10-24-21(13-34(15)26(38)18-6-9-23(29)22(11-18)28(30,31)32)25-27(39)35(12-19(14-37)36(25)33-24)16(2)17-4-7-20(8-5-17)42(3,40)41/h4-9,11,15-16,19,37H,10,12-14H2,1-3H3/t15-,16?,19+/m1/s1. The van der Waals surface area contributed by atoms with Gasteiger partial charge in [0, 0.05) is 36.4 Å². The highest BCUT2D eigenvalue weighted by molar-refractivity contribution is 7.90. The van der Waals surface area contributed by atoms with Crippen molar-refractivity contribution in [2.24, 2.45) is 0 Å². The maximum atomic E-state index is 13.9. The van der Waals surface area contributed by atoms with Crippen LogP contribution in [0.25, 0.3) is 0 Å². The number of fused-ring (bicyclic) bond motifs is 3. The molecular weight excluding hydrogens is 597 g/mol. The molecule has 0 bridgehead atoms. The van der Waals surface area contributed by atoms with Crippen LogP contribution in [0, 0.1) is 0 Å². The number of aromatic nitrogens is 2. The highest BCUT2D eigenvalue weighted by Crippen LogP contribution is 2.38. The summed E-state index contributed by atoms with van der Waals surface area (Å²) in [6.07, 6.45) is -3.38. The zero-order valence-electron chi connectivity index (χ0n) is 22.9. The second-order valence-corrected chi connectivity index (χ2v) is 13.1. The molecule has 2 aliphatic rings. The summed E-state index contributed by atoms with van der Waals surface area (Å²) in [6, 6.07) is 7.70. The third kappa shape index (κ3) is 5.29. The highest BCUT2D eigenvalue weighted by Gasteiger charge is 2.42. The zero-order chi connectivity index (χ0) is 30.7. The number of hydrogen-bond donors (Lipinski definition) is 1. The lowest BCUT2D eigenvalue weighted by Crippen LogP contribution is -2.46. The summed E-state index contributed by atoms with van der Waals surface area (Å²) in [4.78, 5) is 30.5. The van der Waals surface area contributed by atoms with Gasteiger partial charge in [-0.05, 0) is 49.7 Å². The molecule has 2 amide bonds. The predicted octanol–water partition coefficient (Wildman–Crippen LogP) is 4.30. The second-order valence-electron chi connectivity index (χ2n) is 10.7. The number of sulfone groups is 1. The molecule has 3 heterocycles. The quantitative estimate of drug-likeness (QED) is 0.453. The molecule has 42 heavy (non-hydrogen) atoms. The van der Waals surface area contributed by atoms with Gasteiger partial charge < -0.3 is 14.9 Å². The molecule has 3 aromatic rings. The normalized spacial score (nSPS) is 19.9. The Labute approximate surface area is 245 Å². The van der Waals surface area contributed by atoms with Crippen LogP contribution >= 0.6 is 11.6 Å². The largest absolute Gasteiger partial charge is 0.417 e. The molecule has 5 rings (SSSR count). The third-order valence-corrected chi connectivity index (χ3v) is 9.36. The van der Waals surface area contributed by atoms with E-state index in [1.54, 1.807) is 30.9 Å². The van der Waals surface area contributed by atoms with Crippen LogP contribution in [-0.2, 0) is 29.0 Å². The van der Waals surface area contributed by atoms with Crippen molar-refractivity contribution in [1.29, 1.82) is 0 Å². The summed E-state index contributed by atoms with van der Waals surface area (Å²) in [6.45, 7) is 3.29. The lowest BCUT2D eigenvalue weighted by molar-refractivity contribution is -0.137. The molecule has 0 spiro atoms. The number of carbonyl (C=O) groups is 2. The summed E-state index contributed by atoms with van der Waals surface area (Å²) in [5.74, 6) is -1.03. The molecule has 0 aliphatic carbocycles. The Morgan fingerprint density at radius 3 is 2.45 bits per heavy atom. The number of amides is 2. The van der Waals surface area contributed by atoms with Crippen molar-refractivity contribution in [1.82, 2.24) is 19.6 Å². The van der Waals surface area contributed by atoms with Crippen molar-refractivity contribution < 1.29 is 36.3 Å². The van der Waals surface area contributed by atoms with Gasteiger partial charge in [0.2, 0.25) is 0 Å². The Bertz CT molecular complexity index is 1670. The molecule has 0 radical (unpaired) electrons. The molecular formula is C28H28ClF3N4O5S. The Hall–Kier alpha value is -3.42. The van der Waals surface area contributed by atoms with Crippen LogP contribution in [0.2, 0.25) is 5.02 Å². The first-order chi connectivity index (χ1) is 19.6. The maximum Gasteiger partial charge on any atom is 0.417 e. The number of carbonyl (C=O) groups excluding carboxylic acids is 2. The summed E-state index contributed by atoms with van der Waals surface area (Å²) in [5.41, 5.74) is 0.634. The van der Waals surface area contributed by atoms with E-state index >= 15 is 0 Å². The average molecular weight is 625 g/mol. The summed E-state index contributed by atoms with van der Waals surface area (Å²) >= 11 is 5.74. The van der Waals surface area contributed by atoms with E-state index in [2.05, 4.69) is 5.10 Å². The van der Waals surface area contributed by atoms with Gasteiger partial charge in [-0.3, -0.25) is 14.3 Å². The minimum atomic E-state index is -4.74. The Balaban J connectivity index is 1.48. The summed E-state index contributed by atoms with van der Waals surface area (Å²) < 4.78 is 65.6. The molecule has 0 saturated carbocycles. The maximum absolute atomic E-state index is 13.9.